The molecule has 0 rings (SSSR count). The Morgan fingerprint density at radius 2 is 1.85 bits per heavy atom. The topological polar surface area (TPSA) is 78.4 Å². The Kier molecular flexibility index (Phi) is 5.06. The minimum Gasteiger partial charge on any atom is -0.480 e. The van der Waals surface area contributed by atoms with Crippen molar-refractivity contribution in [2.45, 2.75) is 32.9 Å². The number of aliphatic carboxylic acids is 1. The minimum absolute atomic E-state index is 0.0709. The van der Waals surface area contributed by atoms with Crippen molar-refractivity contribution in [1.29, 1.82) is 0 Å². The molecule has 1 atom stereocenters. The predicted molar refractivity (Wildman–Crippen MR) is 48.4 cm³/mol. The second kappa shape index (κ2) is 5.53. The summed E-state index contributed by atoms with van der Waals surface area (Å²) >= 11 is 0. The van der Waals surface area contributed by atoms with Gasteiger partial charge in [0.2, 0.25) is 5.91 Å². The maximum Gasteiger partial charge on any atom is 0.317 e. The maximum atomic E-state index is 11.2. The Bertz CT molecular complexity index is 192. The number of rotatable bonds is 5. The molecule has 13 heavy (non-hydrogen) atoms. The lowest BCUT2D eigenvalue weighted by atomic mass is 10.3. The summed E-state index contributed by atoms with van der Waals surface area (Å²) in [7, 11) is 0. The number of carboxylic acid groups (broad SMARTS) is 1. The largest absolute Gasteiger partial charge is 0.480 e. The first kappa shape index (κ1) is 11.9. The maximum absolute atomic E-state index is 11.2. The van der Waals surface area contributed by atoms with Gasteiger partial charge >= 0.3 is 5.97 Å². The Balaban J connectivity index is 3.76. The zero-order chi connectivity index (χ0) is 10.4. The van der Waals surface area contributed by atoms with Crippen molar-refractivity contribution in [1.82, 2.24) is 10.6 Å². The van der Waals surface area contributed by atoms with Gasteiger partial charge in [0.05, 0.1) is 12.6 Å². The van der Waals surface area contributed by atoms with Crippen molar-refractivity contribution in [2.24, 2.45) is 0 Å². The molecule has 5 heteroatoms. The lowest BCUT2D eigenvalue weighted by Gasteiger charge is -2.14. The average Bonchev–Trinajstić information content (AvgIpc) is 1.98. The van der Waals surface area contributed by atoms with Crippen LogP contribution >= 0.6 is 0 Å². The van der Waals surface area contributed by atoms with E-state index in [9.17, 15) is 9.59 Å². The van der Waals surface area contributed by atoms with Crippen LogP contribution in [0.25, 0.3) is 0 Å². The Hall–Kier alpha value is -1.10. The second-order valence-electron chi connectivity index (χ2n) is 3.16. The molecule has 0 radical (unpaired) electrons. The van der Waals surface area contributed by atoms with Gasteiger partial charge < -0.3 is 10.4 Å². The molecule has 1 unspecified atom stereocenters. The van der Waals surface area contributed by atoms with E-state index in [1.165, 1.54) is 0 Å². The van der Waals surface area contributed by atoms with E-state index in [0.717, 1.165) is 0 Å². The SMILES string of the molecule is CC(C)NC(=O)C(C)NCC(=O)O. The van der Waals surface area contributed by atoms with E-state index in [-0.39, 0.29) is 18.5 Å². The zero-order valence-electron chi connectivity index (χ0n) is 8.13. The fourth-order valence-corrected chi connectivity index (χ4v) is 0.743. The Labute approximate surface area is 77.5 Å². The molecule has 76 valence electrons. The van der Waals surface area contributed by atoms with Gasteiger partial charge in [0.1, 0.15) is 0 Å². The van der Waals surface area contributed by atoms with Crippen molar-refractivity contribution >= 4 is 11.9 Å². The van der Waals surface area contributed by atoms with Gasteiger partial charge in [-0.05, 0) is 20.8 Å². The molecule has 0 aromatic heterocycles. The van der Waals surface area contributed by atoms with Crippen molar-refractivity contribution < 1.29 is 14.7 Å². The Morgan fingerprint density at radius 3 is 2.23 bits per heavy atom. The fourth-order valence-electron chi connectivity index (χ4n) is 0.743. The van der Waals surface area contributed by atoms with Gasteiger partial charge in [0.15, 0.2) is 0 Å². The average molecular weight is 188 g/mol. The molecule has 3 N–H and O–H groups in total. The van der Waals surface area contributed by atoms with E-state index >= 15 is 0 Å². The number of carbonyl (C=O) groups excluding carboxylic acids is 1. The molecule has 0 aromatic rings. The second-order valence-corrected chi connectivity index (χ2v) is 3.16. The van der Waals surface area contributed by atoms with Gasteiger partial charge in [-0.2, -0.15) is 0 Å². The molecule has 0 fully saturated rings. The molecule has 0 bridgehead atoms. The zero-order valence-corrected chi connectivity index (χ0v) is 8.13. The van der Waals surface area contributed by atoms with Gasteiger partial charge in [0.25, 0.3) is 0 Å². The number of carbonyl (C=O) groups is 2. The lowest BCUT2D eigenvalue weighted by molar-refractivity contribution is -0.136. The van der Waals surface area contributed by atoms with Crippen LogP contribution in [0.3, 0.4) is 0 Å². The number of hydrogen-bond donors (Lipinski definition) is 3. The summed E-state index contributed by atoms with van der Waals surface area (Å²) in [4.78, 5) is 21.4. The monoisotopic (exact) mass is 188 g/mol. The summed E-state index contributed by atoms with van der Waals surface area (Å²) in [6.07, 6.45) is 0. The van der Waals surface area contributed by atoms with Crippen molar-refractivity contribution in [2.75, 3.05) is 6.54 Å². The molecule has 0 aromatic carbocycles. The third-order valence-corrected chi connectivity index (χ3v) is 1.38. The Morgan fingerprint density at radius 1 is 1.31 bits per heavy atom. The van der Waals surface area contributed by atoms with Crippen molar-refractivity contribution in [3.63, 3.8) is 0 Å². The number of amides is 1. The highest BCUT2D eigenvalue weighted by Gasteiger charge is 2.13. The molecule has 0 heterocycles. The van der Waals surface area contributed by atoms with Crippen LogP contribution in [0, 0.1) is 0 Å². The number of nitrogens with one attached hydrogen (secondary N) is 2. The highest BCUT2D eigenvalue weighted by molar-refractivity contribution is 5.82. The highest BCUT2D eigenvalue weighted by Crippen LogP contribution is 1.84. The first-order chi connectivity index (χ1) is 5.93. The fraction of sp³-hybridized carbons (Fsp3) is 0.750. The van der Waals surface area contributed by atoms with Crippen LogP contribution < -0.4 is 10.6 Å². The molecule has 1 amide bonds. The van der Waals surface area contributed by atoms with Crippen LogP contribution in [0.15, 0.2) is 0 Å². The van der Waals surface area contributed by atoms with Crippen molar-refractivity contribution in [3.05, 3.63) is 0 Å². The number of carboxylic acids is 1. The summed E-state index contributed by atoms with van der Waals surface area (Å²) in [5, 5.41) is 13.6. The van der Waals surface area contributed by atoms with E-state index < -0.39 is 12.0 Å². The van der Waals surface area contributed by atoms with Crippen LogP contribution in [-0.2, 0) is 9.59 Å². The quantitative estimate of drug-likeness (QED) is 0.547. The third-order valence-electron chi connectivity index (χ3n) is 1.38. The lowest BCUT2D eigenvalue weighted by Crippen LogP contribution is -2.46. The highest BCUT2D eigenvalue weighted by atomic mass is 16.4. The minimum atomic E-state index is -0.968. The number of hydrogen-bond acceptors (Lipinski definition) is 3. The van der Waals surface area contributed by atoms with Crippen LogP contribution in [0.4, 0.5) is 0 Å². The summed E-state index contributed by atoms with van der Waals surface area (Å²) in [6, 6.07) is -0.403. The van der Waals surface area contributed by atoms with E-state index in [1.54, 1.807) is 6.92 Å². The van der Waals surface area contributed by atoms with Gasteiger partial charge in [-0.25, -0.2) is 0 Å². The van der Waals surface area contributed by atoms with Gasteiger partial charge in [-0.3, -0.25) is 14.9 Å². The molecule has 5 nitrogen and oxygen atoms in total. The smallest absolute Gasteiger partial charge is 0.317 e. The van der Waals surface area contributed by atoms with E-state index in [1.807, 2.05) is 13.8 Å². The molecule has 0 aliphatic carbocycles. The van der Waals surface area contributed by atoms with Crippen molar-refractivity contribution in [3.8, 4) is 0 Å². The molecule has 0 saturated carbocycles. The van der Waals surface area contributed by atoms with Gasteiger partial charge in [-0.1, -0.05) is 0 Å². The first-order valence-corrected chi connectivity index (χ1v) is 4.19. The third kappa shape index (κ3) is 6.10. The van der Waals surface area contributed by atoms with Crippen LogP contribution in [-0.4, -0.2) is 35.6 Å². The van der Waals surface area contributed by atoms with Gasteiger partial charge in [0, 0.05) is 6.04 Å². The molecular formula is C8H16N2O3. The van der Waals surface area contributed by atoms with Crippen LogP contribution in [0.5, 0.6) is 0 Å². The van der Waals surface area contributed by atoms with E-state index in [2.05, 4.69) is 10.6 Å². The van der Waals surface area contributed by atoms with Crippen LogP contribution in [0.1, 0.15) is 20.8 Å². The summed E-state index contributed by atoms with van der Waals surface area (Å²) in [5.74, 6) is -1.15. The van der Waals surface area contributed by atoms with E-state index in [0.29, 0.717) is 0 Å². The molecule has 0 aliphatic heterocycles. The summed E-state index contributed by atoms with van der Waals surface area (Å²) in [5.41, 5.74) is 0. The molecular weight excluding hydrogens is 172 g/mol. The van der Waals surface area contributed by atoms with E-state index in [4.69, 9.17) is 5.11 Å². The first-order valence-electron chi connectivity index (χ1n) is 4.19. The molecule has 0 aliphatic rings. The van der Waals surface area contributed by atoms with Gasteiger partial charge in [-0.15, -0.1) is 0 Å². The molecule has 0 spiro atoms. The summed E-state index contributed by atoms with van der Waals surface area (Å²) < 4.78 is 0. The predicted octanol–water partition coefficient (Wildman–Crippen LogP) is -0.426. The normalized spacial score (nSPS) is 12.6. The standard InChI is InChI=1S/C8H16N2O3/c1-5(2)10-8(13)6(3)9-4-7(11)12/h5-6,9H,4H2,1-3H3,(H,10,13)(H,11,12). The molecule has 0 saturated heterocycles. The summed E-state index contributed by atoms with van der Waals surface area (Å²) in [6.45, 7) is 5.12. The van der Waals surface area contributed by atoms with Crippen LogP contribution in [0.2, 0.25) is 0 Å².